The van der Waals surface area contributed by atoms with Crippen molar-refractivity contribution >= 4 is 33.8 Å². The summed E-state index contributed by atoms with van der Waals surface area (Å²) in [7, 11) is -5.94. The molecule has 0 aliphatic heterocycles. The number of benzene rings is 1. The first-order valence-corrected chi connectivity index (χ1v) is 10.4. The topological polar surface area (TPSA) is 145 Å². The molecule has 0 heterocycles. The molecule has 0 unspecified atom stereocenters. The number of nitrogens with one attached hydrogen (secondary N) is 1. The Morgan fingerprint density at radius 3 is 2.13 bits per heavy atom. The van der Waals surface area contributed by atoms with Gasteiger partial charge in [-0.25, -0.2) is 14.4 Å². The highest BCUT2D eigenvalue weighted by atomic mass is 32.2. The van der Waals surface area contributed by atoms with Crippen molar-refractivity contribution in [3.05, 3.63) is 29.8 Å². The van der Waals surface area contributed by atoms with Crippen LogP contribution in [-0.2, 0) is 29.1 Å². The molecule has 0 radical (unpaired) electrons. The molecular weight excluding hydrogens is 444 g/mol. The van der Waals surface area contributed by atoms with Gasteiger partial charge in [-0.1, -0.05) is 6.92 Å². The summed E-state index contributed by atoms with van der Waals surface area (Å²) in [5.41, 5.74) is -0.132. The Balaban J connectivity index is 2.43. The monoisotopic (exact) mass is 467 g/mol. The van der Waals surface area contributed by atoms with E-state index in [2.05, 4.69) is 10.1 Å². The number of anilines is 1. The molecule has 0 saturated heterocycles. The largest absolute Gasteiger partial charge is 0.465 e. The molecule has 10 nitrogen and oxygen atoms in total. The molecule has 174 valence electrons. The molecule has 0 bridgehead atoms. The van der Waals surface area contributed by atoms with Crippen LogP contribution in [0.3, 0.4) is 0 Å². The lowest BCUT2D eigenvalue weighted by molar-refractivity contribution is -0.161. The lowest BCUT2D eigenvalue weighted by Gasteiger charge is -2.23. The normalized spacial score (nSPS) is 12.1. The fourth-order valence-corrected chi connectivity index (χ4v) is 2.09. The standard InChI is InChI=1S/C18H23F2NO9S/c1-4-17(2,3)30-16(24)21-13-8-6-12(7-9-13)14(22)28-10-5-11-29-15(23)18(19,20)31(25,26)27/h6-9H,4-5,10-11H2,1-3H3,(H,21,24)(H,25,26,27). The summed E-state index contributed by atoms with van der Waals surface area (Å²) in [6.07, 6.45) is -0.234. The SMILES string of the molecule is CCC(C)(C)OC(=O)Nc1ccc(C(=O)OCCCOC(=O)C(F)(F)S(=O)(=O)O)cc1. The van der Waals surface area contributed by atoms with Crippen LogP contribution in [0.1, 0.15) is 44.0 Å². The van der Waals surface area contributed by atoms with Crippen LogP contribution in [0.25, 0.3) is 0 Å². The molecule has 0 aromatic heterocycles. The fourth-order valence-electron chi connectivity index (χ4n) is 1.82. The maximum atomic E-state index is 13.0. The number of halogens is 2. The van der Waals surface area contributed by atoms with Crippen LogP contribution in [0, 0.1) is 0 Å². The lowest BCUT2D eigenvalue weighted by Crippen LogP contribution is -2.39. The summed E-state index contributed by atoms with van der Waals surface area (Å²) in [6.45, 7) is 4.39. The Kier molecular flexibility index (Phi) is 8.87. The summed E-state index contributed by atoms with van der Waals surface area (Å²) in [6, 6.07) is 5.62. The highest BCUT2D eigenvalue weighted by Crippen LogP contribution is 2.22. The van der Waals surface area contributed by atoms with Crippen molar-refractivity contribution in [3.63, 3.8) is 0 Å². The summed E-state index contributed by atoms with van der Waals surface area (Å²) >= 11 is 0. The van der Waals surface area contributed by atoms with Crippen LogP contribution < -0.4 is 5.32 Å². The molecule has 1 rings (SSSR count). The molecule has 31 heavy (non-hydrogen) atoms. The van der Waals surface area contributed by atoms with Gasteiger partial charge in [-0.2, -0.15) is 17.2 Å². The van der Waals surface area contributed by atoms with Crippen molar-refractivity contribution < 1.29 is 50.3 Å². The molecule has 1 aromatic carbocycles. The predicted octanol–water partition coefficient (Wildman–Crippen LogP) is 2.99. The van der Waals surface area contributed by atoms with Gasteiger partial charge in [0.25, 0.3) is 0 Å². The van der Waals surface area contributed by atoms with Crippen molar-refractivity contribution in [2.45, 2.75) is 44.5 Å². The average molecular weight is 467 g/mol. The van der Waals surface area contributed by atoms with Gasteiger partial charge < -0.3 is 14.2 Å². The van der Waals surface area contributed by atoms with E-state index in [4.69, 9.17) is 14.0 Å². The minimum Gasteiger partial charge on any atom is -0.462 e. The molecule has 2 N–H and O–H groups in total. The average Bonchev–Trinajstić information content (AvgIpc) is 2.66. The summed E-state index contributed by atoms with van der Waals surface area (Å²) in [5, 5.41) is -2.58. The second-order valence-electron chi connectivity index (χ2n) is 6.82. The van der Waals surface area contributed by atoms with Crippen molar-refractivity contribution in [1.29, 1.82) is 0 Å². The Hall–Kier alpha value is -2.80. The first-order valence-electron chi connectivity index (χ1n) is 8.99. The maximum absolute atomic E-state index is 13.0. The zero-order chi connectivity index (χ0) is 23.9. The van der Waals surface area contributed by atoms with Crippen LogP contribution in [0.2, 0.25) is 0 Å². The number of rotatable bonds is 10. The Morgan fingerprint density at radius 1 is 1.06 bits per heavy atom. The Morgan fingerprint density at radius 2 is 1.61 bits per heavy atom. The van der Waals surface area contributed by atoms with E-state index in [0.717, 1.165) is 0 Å². The van der Waals surface area contributed by atoms with Gasteiger partial charge in [0.05, 0.1) is 18.8 Å². The van der Waals surface area contributed by atoms with Gasteiger partial charge in [0.15, 0.2) is 0 Å². The van der Waals surface area contributed by atoms with Crippen LogP contribution in [0.15, 0.2) is 24.3 Å². The third-order valence-corrected chi connectivity index (χ3v) is 4.72. The summed E-state index contributed by atoms with van der Waals surface area (Å²) < 4.78 is 69.1. The second-order valence-corrected chi connectivity index (χ2v) is 8.29. The van der Waals surface area contributed by atoms with Crippen LogP contribution in [-0.4, -0.2) is 55.1 Å². The third-order valence-electron chi connectivity index (χ3n) is 3.90. The highest BCUT2D eigenvalue weighted by molar-refractivity contribution is 7.87. The van der Waals surface area contributed by atoms with E-state index in [1.807, 2.05) is 6.92 Å². The maximum Gasteiger partial charge on any atom is 0.465 e. The van der Waals surface area contributed by atoms with Gasteiger partial charge in [0.1, 0.15) is 5.60 Å². The molecule has 1 amide bonds. The second kappa shape index (κ2) is 10.5. The number of ether oxygens (including phenoxy) is 3. The molecule has 0 atom stereocenters. The van der Waals surface area contributed by atoms with Gasteiger partial charge in [-0.05, 0) is 44.5 Å². The van der Waals surface area contributed by atoms with E-state index in [9.17, 15) is 31.6 Å². The van der Waals surface area contributed by atoms with Crippen molar-refractivity contribution in [1.82, 2.24) is 0 Å². The van der Waals surface area contributed by atoms with Crippen LogP contribution >= 0.6 is 0 Å². The van der Waals surface area contributed by atoms with Crippen molar-refractivity contribution in [2.75, 3.05) is 18.5 Å². The molecule has 0 aliphatic carbocycles. The van der Waals surface area contributed by atoms with Gasteiger partial charge >= 0.3 is 33.4 Å². The van der Waals surface area contributed by atoms with E-state index >= 15 is 0 Å². The smallest absolute Gasteiger partial charge is 0.462 e. The third kappa shape index (κ3) is 8.09. The first kappa shape index (κ1) is 26.2. The summed E-state index contributed by atoms with van der Waals surface area (Å²) in [5.74, 6) is -3.21. The van der Waals surface area contributed by atoms with Crippen LogP contribution in [0.5, 0.6) is 0 Å². The Bertz CT molecular complexity index is 899. The predicted molar refractivity (Wildman–Crippen MR) is 103 cm³/mol. The number of hydrogen-bond acceptors (Lipinski definition) is 8. The van der Waals surface area contributed by atoms with E-state index in [1.54, 1.807) is 13.8 Å². The van der Waals surface area contributed by atoms with E-state index in [-0.39, 0.29) is 18.6 Å². The van der Waals surface area contributed by atoms with E-state index < -0.39 is 45.6 Å². The molecular formula is C18H23F2NO9S. The highest BCUT2D eigenvalue weighted by Gasteiger charge is 2.54. The summed E-state index contributed by atoms with van der Waals surface area (Å²) in [4.78, 5) is 34.7. The molecule has 0 aliphatic rings. The van der Waals surface area contributed by atoms with Gasteiger partial charge in [0.2, 0.25) is 0 Å². The number of carbonyl (C=O) groups is 3. The van der Waals surface area contributed by atoms with Gasteiger partial charge in [-0.3, -0.25) is 9.87 Å². The van der Waals surface area contributed by atoms with Crippen molar-refractivity contribution in [3.8, 4) is 0 Å². The van der Waals surface area contributed by atoms with E-state index in [0.29, 0.717) is 12.1 Å². The fraction of sp³-hybridized carbons (Fsp3) is 0.500. The molecule has 0 saturated carbocycles. The number of carbonyl (C=O) groups excluding carboxylic acids is 3. The van der Waals surface area contributed by atoms with Crippen molar-refractivity contribution in [2.24, 2.45) is 0 Å². The van der Waals surface area contributed by atoms with Gasteiger partial charge in [0, 0.05) is 12.1 Å². The Labute approximate surface area is 177 Å². The number of alkyl halides is 2. The zero-order valence-electron chi connectivity index (χ0n) is 17.0. The number of amides is 1. The molecule has 13 heteroatoms. The van der Waals surface area contributed by atoms with E-state index in [1.165, 1.54) is 24.3 Å². The zero-order valence-corrected chi connectivity index (χ0v) is 17.8. The minimum absolute atomic E-state index is 0.128. The number of hydrogen-bond donors (Lipinski definition) is 2. The first-order chi connectivity index (χ1) is 14.2. The molecule has 0 spiro atoms. The number of esters is 2. The van der Waals surface area contributed by atoms with Gasteiger partial charge in [-0.15, -0.1) is 0 Å². The van der Waals surface area contributed by atoms with Crippen LogP contribution in [0.4, 0.5) is 19.3 Å². The molecule has 0 fully saturated rings. The minimum atomic E-state index is -5.94. The quantitative estimate of drug-likeness (QED) is 0.229. The lowest BCUT2D eigenvalue weighted by atomic mass is 10.1. The molecule has 1 aromatic rings.